The Balaban J connectivity index is 1.86. The van der Waals surface area contributed by atoms with Crippen molar-refractivity contribution in [3.05, 3.63) is 107 Å². The zero-order valence-corrected chi connectivity index (χ0v) is 22.3. The summed E-state index contributed by atoms with van der Waals surface area (Å²) in [6.07, 6.45) is -5.13. The molecule has 0 saturated carbocycles. The van der Waals surface area contributed by atoms with Gasteiger partial charge in [-0.15, -0.1) is 0 Å². The molecule has 206 valence electrons. The van der Waals surface area contributed by atoms with E-state index in [2.05, 4.69) is 10.6 Å². The zero-order chi connectivity index (χ0) is 28.6. The van der Waals surface area contributed by atoms with Crippen LogP contribution in [0.4, 0.5) is 13.2 Å². The molecule has 9 heteroatoms. The van der Waals surface area contributed by atoms with Crippen molar-refractivity contribution in [2.45, 2.75) is 50.9 Å². The number of ketones is 1. The summed E-state index contributed by atoms with van der Waals surface area (Å²) in [5.41, 5.74) is 2.34. The molecule has 0 aliphatic heterocycles. The van der Waals surface area contributed by atoms with Gasteiger partial charge in [0.15, 0.2) is 0 Å². The molecule has 2 amide bonds. The molecular formula is C30H30ClF3N2O3. The monoisotopic (exact) mass is 558 g/mol. The number of benzene rings is 3. The molecule has 0 bridgehead atoms. The van der Waals surface area contributed by atoms with Crippen LogP contribution in [0.25, 0.3) is 0 Å². The maximum absolute atomic E-state index is 13.3. The third-order valence-corrected chi connectivity index (χ3v) is 6.54. The minimum Gasteiger partial charge on any atom is -0.344 e. The Morgan fingerprint density at radius 1 is 0.821 bits per heavy atom. The molecule has 0 heterocycles. The van der Waals surface area contributed by atoms with Crippen LogP contribution in [0.3, 0.4) is 0 Å². The Hall–Kier alpha value is -3.65. The Bertz CT molecular complexity index is 1270. The molecule has 39 heavy (non-hydrogen) atoms. The number of alkyl halides is 3. The van der Waals surface area contributed by atoms with Crippen molar-refractivity contribution >= 4 is 29.2 Å². The minimum absolute atomic E-state index is 0.0244. The maximum atomic E-state index is 13.3. The average Bonchev–Trinajstić information content (AvgIpc) is 2.90. The first-order chi connectivity index (χ1) is 18.5. The lowest BCUT2D eigenvalue weighted by atomic mass is 9.88. The second-order valence-electron chi connectivity index (χ2n) is 9.62. The fourth-order valence-corrected chi connectivity index (χ4v) is 4.50. The summed E-state index contributed by atoms with van der Waals surface area (Å²) in [5, 5.41) is 5.43. The van der Waals surface area contributed by atoms with E-state index >= 15 is 0 Å². The Kier molecular flexibility index (Phi) is 10.3. The SMILES string of the molecule is CC(C)[C@H](NC(=O)[C@H](Cc1ccccc1)NC(=O)CC(c1ccccc1)c1cccc(Cl)c1)C(=O)C(F)(F)F. The van der Waals surface area contributed by atoms with Crippen molar-refractivity contribution in [1.82, 2.24) is 10.6 Å². The summed E-state index contributed by atoms with van der Waals surface area (Å²) < 4.78 is 39.5. The van der Waals surface area contributed by atoms with Gasteiger partial charge in [0.1, 0.15) is 6.04 Å². The van der Waals surface area contributed by atoms with E-state index in [1.54, 1.807) is 48.5 Å². The van der Waals surface area contributed by atoms with E-state index in [1.807, 2.05) is 36.4 Å². The predicted octanol–water partition coefficient (Wildman–Crippen LogP) is 5.86. The highest BCUT2D eigenvalue weighted by molar-refractivity contribution is 6.30. The van der Waals surface area contributed by atoms with Crippen molar-refractivity contribution in [3.8, 4) is 0 Å². The van der Waals surface area contributed by atoms with Gasteiger partial charge in [-0.2, -0.15) is 13.2 Å². The highest BCUT2D eigenvalue weighted by Crippen LogP contribution is 2.30. The minimum atomic E-state index is -5.11. The Morgan fingerprint density at radius 3 is 1.97 bits per heavy atom. The molecule has 1 unspecified atom stereocenters. The van der Waals surface area contributed by atoms with E-state index in [0.29, 0.717) is 10.6 Å². The molecule has 0 radical (unpaired) electrons. The van der Waals surface area contributed by atoms with Gasteiger partial charge in [0.05, 0.1) is 6.04 Å². The molecular weight excluding hydrogens is 529 g/mol. The quantitative estimate of drug-likeness (QED) is 0.309. The van der Waals surface area contributed by atoms with E-state index in [1.165, 1.54) is 13.8 Å². The highest BCUT2D eigenvalue weighted by atomic mass is 35.5. The second-order valence-corrected chi connectivity index (χ2v) is 10.1. The van der Waals surface area contributed by atoms with E-state index in [9.17, 15) is 27.6 Å². The summed E-state index contributed by atoms with van der Waals surface area (Å²) in [6.45, 7) is 2.82. The third kappa shape index (κ3) is 8.68. The van der Waals surface area contributed by atoms with E-state index < -0.39 is 41.8 Å². The number of carbonyl (C=O) groups excluding carboxylic acids is 3. The topological polar surface area (TPSA) is 75.3 Å². The molecule has 5 nitrogen and oxygen atoms in total. The van der Waals surface area contributed by atoms with Gasteiger partial charge in [-0.25, -0.2) is 0 Å². The molecule has 3 aromatic rings. The van der Waals surface area contributed by atoms with Crippen LogP contribution in [0.2, 0.25) is 5.02 Å². The number of hydrogen-bond donors (Lipinski definition) is 2. The average molecular weight is 559 g/mol. The molecule has 0 saturated heterocycles. The molecule has 3 aromatic carbocycles. The van der Waals surface area contributed by atoms with Crippen LogP contribution in [-0.2, 0) is 20.8 Å². The van der Waals surface area contributed by atoms with Crippen molar-refractivity contribution in [2.24, 2.45) is 5.92 Å². The van der Waals surface area contributed by atoms with E-state index in [-0.39, 0.29) is 18.8 Å². The van der Waals surface area contributed by atoms with Gasteiger partial charge >= 0.3 is 6.18 Å². The summed E-state index contributed by atoms with van der Waals surface area (Å²) in [5.74, 6) is -4.60. The molecule has 3 rings (SSSR count). The summed E-state index contributed by atoms with van der Waals surface area (Å²) >= 11 is 6.20. The predicted molar refractivity (Wildman–Crippen MR) is 144 cm³/mol. The lowest BCUT2D eigenvalue weighted by Crippen LogP contribution is -2.56. The first kappa shape index (κ1) is 29.9. The molecule has 0 aromatic heterocycles. The smallest absolute Gasteiger partial charge is 0.344 e. The van der Waals surface area contributed by atoms with Crippen LogP contribution in [0.1, 0.15) is 42.9 Å². The van der Waals surface area contributed by atoms with E-state index in [4.69, 9.17) is 11.6 Å². The van der Waals surface area contributed by atoms with Gasteiger partial charge < -0.3 is 10.6 Å². The lowest BCUT2D eigenvalue weighted by Gasteiger charge is -2.26. The van der Waals surface area contributed by atoms with Crippen LogP contribution >= 0.6 is 11.6 Å². The van der Waals surface area contributed by atoms with Crippen molar-refractivity contribution in [1.29, 1.82) is 0 Å². The third-order valence-electron chi connectivity index (χ3n) is 6.30. The number of carbonyl (C=O) groups is 3. The molecule has 0 aliphatic rings. The summed E-state index contributed by atoms with van der Waals surface area (Å²) in [6, 6.07) is 22.2. The number of Topliss-reactive ketones (excluding diaryl/α,β-unsaturated/α-hetero) is 1. The largest absolute Gasteiger partial charge is 0.452 e. The second kappa shape index (κ2) is 13.4. The van der Waals surface area contributed by atoms with E-state index in [0.717, 1.165) is 11.1 Å². The van der Waals surface area contributed by atoms with Crippen LogP contribution < -0.4 is 10.6 Å². The molecule has 0 spiro atoms. The highest BCUT2D eigenvalue weighted by Gasteiger charge is 2.45. The number of halogens is 4. The van der Waals surface area contributed by atoms with Gasteiger partial charge in [0, 0.05) is 23.8 Å². The molecule has 0 aliphatic carbocycles. The Labute approximate surface area is 230 Å². The number of hydrogen-bond acceptors (Lipinski definition) is 3. The lowest BCUT2D eigenvalue weighted by molar-refractivity contribution is -0.175. The fourth-order valence-electron chi connectivity index (χ4n) is 4.30. The van der Waals surface area contributed by atoms with Crippen molar-refractivity contribution < 1.29 is 27.6 Å². The first-order valence-electron chi connectivity index (χ1n) is 12.5. The maximum Gasteiger partial charge on any atom is 0.452 e. The summed E-state index contributed by atoms with van der Waals surface area (Å²) in [7, 11) is 0. The first-order valence-corrected chi connectivity index (χ1v) is 12.9. The molecule has 2 N–H and O–H groups in total. The summed E-state index contributed by atoms with van der Waals surface area (Å²) in [4.78, 5) is 38.6. The Morgan fingerprint density at radius 2 is 1.41 bits per heavy atom. The molecule has 3 atom stereocenters. The van der Waals surface area contributed by atoms with Gasteiger partial charge in [-0.1, -0.05) is 98.2 Å². The zero-order valence-electron chi connectivity index (χ0n) is 21.5. The fraction of sp³-hybridized carbons (Fsp3) is 0.300. The van der Waals surface area contributed by atoms with Crippen LogP contribution in [0.5, 0.6) is 0 Å². The number of rotatable bonds is 11. The standard InChI is InChI=1S/C30H30ClF3N2O3/c1-19(2)27(28(38)30(32,33)34)36-29(39)25(16-20-10-5-3-6-11-20)35-26(37)18-24(21-12-7-4-8-13-21)22-14-9-15-23(31)17-22/h3-15,17,19,24-25,27H,16,18H2,1-2H3,(H,35,37)(H,36,39)/t24?,25-,27-/m0/s1. The van der Waals surface area contributed by atoms with Crippen LogP contribution in [-0.4, -0.2) is 35.9 Å². The van der Waals surface area contributed by atoms with Gasteiger partial charge in [0.2, 0.25) is 11.8 Å². The van der Waals surface area contributed by atoms with Crippen molar-refractivity contribution in [3.63, 3.8) is 0 Å². The van der Waals surface area contributed by atoms with Crippen LogP contribution in [0.15, 0.2) is 84.9 Å². The van der Waals surface area contributed by atoms with Gasteiger partial charge in [-0.3, -0.25) is 14.4 Å². The van der Waals surface area contributed by atoms with Crippen molar-refractivity contribution in [2.75, 3.05) is 0 Å². The van der Waals surface area contributed by atoms with Gasteiger partial charge in [-0.05, 0) is 34.7 Å². The van der Waals surface area contributed by atoms with Crippen LogP contribution in [0, 0.1) is 5.92 Å². The number of nitrogens with one attached hydrogen (secondary N) is 2. The molecule has 0 fully saturated rings. The number of amides is 2. The van der Waals surface area contributed by atoms with Gasteiger partial charge in [0.25, 0.3) is 5.78 Å². The normalized spacial score (nSPS) is 13.8.